The molecule has 2 N–H and O–H groups in total. The van der Waals surface area contributed by atoms with E-state index in [0.717, 1.165) is 12.1 Å². The first-order valence-corrected chi connectivity index (χ1v) is 8.16. The highest BCUT2D eigenvalue weighted by molar-refractivity contribution is 5.94. The van der Waals surface area contributed by atoms with Crippen molar-refractivity contribution in [2.45, 2.75) is 39.3 Å². The van der Waals surface area contributed by atoms with Crippen molar-refractivity contribution in [3.63, 3.8) is 0 Å². The van der Waals surface area contributed by atoms with Crippen molar-refractivity contribution in [2.75, 3.05) is 0 Å². The van der Waals surface area contributed by atoms with Crippen LogP contribution in [0.4, 0.5) is 0 Å². The van der Waals surface area contributed by atoms with Gasteiger partial charge in [0.15, 0.2) is 0 Å². The fourth-order valence-electron chi connectivity index (χ4n) is 2.69. The number of rotatable bonds is 8. The summed E-state index contributed by atoms with van der Waals surface area (Å²) in [5, 5.41) is 11.8. The largest absolute Gasteiger partial charge is 0.481 e. The van der Waals surface area contributed by atoms with E-state index in [2.05, 4.69) is 9.88 Å². The highest BCUT2D eigenvalue weighted by Crippen LogP contribution is 2.11. The third-order valence-corrected chi connectivity index (χ3v) is 3.76. The maximum absolute atomic E-state index is 12.3. The van der Waals surface area contributed by atoms with Gasteiger partial charge in [0.25, 0.3) is 5.91 Å². The predicted molar refractivity (Wildman–Crippen MR) is 92.9 cm³/mol. The van der Waals surface area contributed by atoms with Gasteiger partial charge in [-0.25, -0.2) is 0 Å². The minimum absolute atomic E-state index is 0.0599. The van der Waals surface area contributed by atoms with Crippen molar-refractivity contribution in [1.82, 2.24) is 9.88 Å². The Labute approximate surface area is 142 Å². The molecule has 0 aliphatic heterocycles. The van der Waals surface area contributed by atoms with Crippen molar-refractivity contribution in [1.29, 1.82) is 0 Å². The van der Waals surface area contributed by atoms with Crippen LogP contribution >= 0.6 is 0 Å². The lowest BCUT2D eigenvalue weighted by molar-refractivity contribution is -0.137. The van der Waals surface area contributed by atoms with Crippen LogP contribution in [0.3, 0.4) is 0 Å². The summed E-state index contributed by atoms with van der Waals surface area (Å²) in [5.41, 5.74) is 1.65. The number of hydrogen-bond donors (Lipinski definition) is 2. The van der Waals surface area contributed by atoms with Gasteiger partial charge in [-0.15, -0.1) is 0 Å². The third-order valence-electron chi connectivity index (χ3n) is 3.76. The fraction of sp³-hybridized carbons (Fsp3) is 0.368. The van der Waals surface area contributed by atoms with E-state index in [9.17, 15) is 9.59 Å². The number of nitrogens with zero attached hydrogens (tertiary/aromatic N) is 1. The van der Waals surface area contributed by atoms with Gasteiger partial charge in [0.2, 0.25) is 0 Å². The van der Waals surface area contributed by atoms with E-state index in [1.54, 1.807) is 12.1 Å². The Kier molecular flexibility index (Phi) is 6.18. The highest BCUT2D eigenvalue weighted by Gasteiger charge is 2.18. The average Bonchev–Trinajstić information content (AvgIpc) is 2.99. The molecule has 2 aromatic rings. The number of carbonyl (C=O) groups is 2. The summed E-state index contributed by atoms with van der Waals surface area (Å²) >= 11 is 0. The Balaban J connectivity index is 1.98. The van der Waals surface area contributed by atoms with Gasteiger partial charge in [-0.05, 0) is 42.2 Å². The summed E-state index contributed by atoms with van der Waals surface area (Å²) in [4.78, 5) is 23.3. The number of nitrogens with one attached hydrogen (secondary N) is 1. The van der Waals surface area contributed by atoms with Crippen molar-refractivity contribution in [3.8, 4) is 0 Å². The molecule has 5 nitrogen and oxygen atoms in total. The van der Waals surface area contributed by atoms with Crippen LogP contribution in [0.25, 0.3) is 0 Å². The van der Waals surface area contributed by atoms with Crippen LogP contribution in [0.2, 0.25) is 0 Å². The molecule has 0 aliphatic rings. The van der Waals surface area contributed by atoms with Gasteiger partial charge in [0, 0.05) is 30.5 Å². The topological polar surface area (TPSA) is 71.3 Å². The van der Waals surface area contributed by atoms with Crippen molar-refractivity contribution < 1.29 is 14.7 Å². The van der Waals surface area contributed by atoms with E-state index >= 15 is 0 Å². The number of carboxylic acids is 1. The number of aromatic nitrogens is 1. The molecule has 0 spiro atoms. The lowest BCUT2D eigenvalue weighted by atomic mass is 10.0. The van der Waals surface area contributed by atoms with Crippen molar-refractivity contribution >= 4 is 11.9 Å². The lowest BCUT2D eigenvalue weighted by Crippen LogP contribution is -2.37. The summed E-state index contributed by atoms with van der Waals surface area (Å²) < 4.78 is 2.06. The second-order valence-electron chi connectivity index (χ2n) is 6.45. The Morgan fingerprint density at radius 1 is 1.12 bits per heavy atom. The van der Waals surface area contributed by atoms with Crippen LogP contribution in [0.15, 0.2) is 48.8 Å². The molecule has 0 saturated heterocycles. The predicted octanol–water partition coefficient (Wildman–Crippen LogP) is 3.16. The SMILES string of the molecule is CC(C)C[C@@H](CC(=O)O)NC(=O)c1ccc(Cn2cccc2)cc1. The molecule has 1 amide bonds. The molecule has 1 heterocycles. The van der Waals surface area contributed by atoms with Crippen LogP contribution in [0, 0.1) is 5.92 Å². The number of carboxylic acid groups (broad SMARTS) is 1. The van der Waals surface area contributed by atoms with Crippen LogP contribution in [-0.4, -0.2) is 27.6 Å². The second-order valence-corrected chi connectivity index (χ2v) is 6.45. The Bertz CT molecular complexity index is 660. The monoisotopic (exact) mass is 328 g/mol. The van der Waals surface area contributed by atoms with Gasteiger partial charge < -0.3 is 15.0 Å². The molecule has 0 bridgehead atoms. The van der Waals surface area contributed by atoms with Crippen LogP contribution in [0.1, 0.15) is 42.6 Å². The molecule has 1 atom stereocenters. The molecule has 24 heavy (non-hydrogen) atoms. The molecule has 0 aliphatic carbocycles. The fourth-order valence-corrected chi connectivity index (χ4v) is 2.69. The van der Waals surface area contributed by atoms with Gasteiger partial charge in [-0.3, -0.25) is 9.59 Å². The smallest absolute Gasteiger partial charge is 0.305 e. The normalized spacial score (nSPS) is 12.1. The summed E-state index contributed by atoms with van der Waals surface area (Å²) in [7, 11) is 0. The summed E-state index contributed by atoms with van der Waals surface area (Å²) in [6, 6.07) is 11.0. The van der Waals surface area contributed by atoms with Gasteiger partial charge in [-0.1, -0.05) is 26.0 Å². The minimum Gasteiger partial charge on any atom is -0.481 e. The quantitative estimate of drug-likeness (QED) is 0.782. The zero-order valence-electron chi connectivity index (χ0n) is 14.1. The van der Waals surface area contributed by atoms with Crippen molar-refractivity contribution in [3.05, 3.63) is 59.9 Å². The van der Waals surface area contributed by atoms with E-state index in [0.29, 0.717) is 17.9 Å². The maximum atomic E-state index is 12.3. The Hall–Kier alpha value is -2.56. The molecule has 1 aromatic carbocycles. The molecular weight excluding hydrogens is 304 g/mol. The maximum Gasteiger partial charge on any atom is 0.305 e. The van der Waals surface area contributed by atoms with Crippen LogP contribution < -0.4 is 5.32 Å². The van der Waals surface area contributed by atoms with Crippen LogP contribution in [-0.2, 0) is 11.3 Å². The molecule has 0 unspecified atom stereocenters. The van der Waals surface area contributed by atoms with Crippen LogP contribution in [0.5, 0.6) is 0 Å². The zero-order chi connectivity index (χ0) is 17.5. The number of hydrogen-bond acceptors (Lipinski definition) is 2. The summed E-state index contributed by atoms with van der Waals surface area (Å²) in [5.74, 6) is -0.809. The number of benzene rings is 1. The zero-order valence-corrected chi connectivity index (χ0v) is 14.1. The lowest BCUT2D eigenvalue weighted by Gasteiger charge is -2.19. The highest BCUT2D eigenvalue weighted by atomic mass is 16.4. The molecular formula is C19H24N2O3. The number of amides is 1. The summed E-state index contributed by atoms with van der Waals surface area (Å²) in [6.07, 6.45) is 4.56. The second kappa shape index (κ2) is 8.34. The van der Waals surface area contributed by atoms with Gasteiger partial charge in [-0.2, -0.15) is 0 Å². The first-order chi connectivity index (χ1) is 11.4. The number of carbonyl (C=O) groups excluding carboxylic acids is 1. The molecule has 1 aromatic heterocycles. The Morgan fingerprint density at radius 2 is 1.75 bits per heavy atom. The summed E-state index contributed by atoms with van der Waals surface area (Å²) in [6.45, 7) is 4.78. The van der Waals surface area contributed by atoms with Gasteiger partial charge in [0.05, 0.1) is 6.42 Å². The average molecular weight is 328 g/mol. The van der Waals surface area contributed by atoms with E-state index in [1.807, 2.05) is 50.5 Å². The first-order valence-electron chi connectivity index (χ1n) is 8.16. The molecule has 2 rings (SSSR count). The molecule has 5 heteroatoms. The number of aliphatic carboxylic acids is 1. The molecule has 0 fully saturated rings. The van der Waals surface area contributed by atoms with E-state index in [4.69, 9.17) is 5.11 Å². The van der Waals surface area contributed by atoms with E-state index in [-0.39, 0.29) is 18.4 Å². The van der Waals surface area contributed by atoms with Gasteiger partial charge in [0.1, 0.15) is 0 Å². The molecule has 0 radical (unpaired) electrons. The van der Waals surface area contributed by atoms with E-state index in [1.165, 1.54) is 0 Å². The van der Waals surface area contributed by atoms with Gasteiger partial charge >= 0.3 is 5.97 Å². The molecule has 0 saturated carbocycles. The minimum atomic E-state index is -0.900. The first kappa shape index (κ1) is 17.8. The standard InChI is InChI=1S/C19H24N2O3/c1-14(2)11-17(12-18(22)23)20-19(24)16-7-5-15(6-8-16)13-21-9-3-4-10-21/h3-10,14,17H,11-13H2,1-2H3,(H,20,24)(H,22,23)/t17-/m0/s1. The third kappa shape index (κ3) is 5.57. The van der Waals surface area contributed by atoms with E-state index < -0.39 is 5.97 Å². The molecule has 128 valence electrons. The van der Waals surface area contributed by atoms with Crippen molar-refractivity contribution in [2.24, 2.45) is 5.92 Å². The Morgan fingerprint density at radius 3 is 2.29 bits per heavy atom.